The van der Waals surface area contributed by atoms with Gasteiger partial charge in [0, 0.05) is 0 Å². The van der Waals surface area contributed by atoms with Crippen molar-refractivity contribution in [1.82, 2.24) is 10.2 Å². The highest BCUT2D eigenvalue weighted by Gasteiger charge is 2.22. The number of nitrogens with zero attached hydrogens (tertiary/aromatic N) is 2. The Morgan fingerprint density at radius 1 is 1.11 bits per heavy atom. The van der Waals surface area contributed by atoms with Gasteiger partial charge in [0.15, 0.2) is 9.84 Å². The fraction of sp³-hybridized carbons (Fsp3) is 0.167. The minimum atomic E-state index is -3.56. The normalized spacial score (nSPS) is 11.2. The van der Waals surface area contributed by atoms with E-state index in [0.29, 0.717) is 11.3 Å². The van der Waals surface area contributed by atoms with Crippen molar-refractivity contribution in [1.29, 1.82) is 0 Å². The van der Waals surface area contributed by atoms with Crippen LogP contribution in [0.25, 0.3) is 11.5 Å². The Labute approximate surface area is 156 Å². The Kier molecular flexibility index (Phi) is 5.22. The molecule has 3 aromatic rings. The number of methoxy groups -OCH3 is 1. The molecule has 27 heavy (non-hydrogen) atoms. The predicted molar refractivity (Wildman–Crippen MR) is 98.4 cm³/mol. The van der Waals surface area contributed by atoms with Crippen LogP contribution in [0.2, 0.25) is 0 Å². The van der Waals surface area contributed by atoms with Gasteiger partial charge in [0.2, 0.25) is 0 Å². The van der Waals surface area contributed by atoms with Gasteiger partial charge in [0.25, 0.3) is 11.8 Å². The molecule has 0 bridgehead atoms. The number of carbonyl (C=O) groups excluding carboxylic acids is 1. The molecular weight excluding hydrogens is 370 g/mol. The van der Waals surface area contributed by atoms with Crippen molar-refractivity contribution in [3.05, 3.63) is 54.1 Å². The van der Waals surface area contributed by atoms with Gasteiger partial charge < -0.3 is 9.15 Å². The van der Waals surface area contributed by atoms with Gasteiger partial charge in [-0.25, -0.2) is 8.42 Å². The lowest BCUT2D eigenvalue weighted by molar-refractivity contribution is 0.102. The van der Waals surface area contributed by atoms with Crippen molar-refractivity contribution >= 4 is 21.8 Å². The first-order valence-corrected chi connectivity index (χ1v) is 9.71. The number of para-hydroxylation sites is 1. The molecule has 2 aromatic carbocycles. The van der Waals surface area contributed by atoms with Crippen LogP contribution in [0.3, 0.4) is 0 Å². The maximum atomic E-state index is 12.5. The molecule has 1 amide bonds. The molecule has 0 aliphatic carbocycles. The molecule has 1 aromatic heterocycles. The summed E-state index contributed by atoms with van der Waals surface area (Å²) in [6, 6.07) is 12.9. The summed E-state index contributed by atoms with van der Waals surface area (Å²) in [4.78, 5) is 12.5. The molecule has 140 valence electrons. The largest absolute Gasteiger partial charge is 0.496 e. The zero-order valence-electron chi connectivity index (χ0n) is 14.7. The highest BCUT2D eigenvalue weighted by Crippen LogP contribution is 2.29. The Hall–Kier alpha value is -3.20. The maximum Gasteiger partial charge on any atom is 0.322 e. The van der Waals surface area contributed by atoms with Gasteiger partial charge in [-0.2, -0.15) is 0 Å². The predicted octanol–water partition coefficient (Wildman–Crippen LogP) is 2.79. The lowest BCUT2D eigenvalue weighted by Gasteiger charge is -2.08. The number of carbonyl (C=O) groups is 1. The van der Waals surface area contributed by atoms with Crippen molar-refractivity contribution in [2.75, 3.05) is 18.2 Å². The lowest BCUT2D eigenvalue weighted by atomic mass is 10.2. The van der Waals surface area contributed by atoms with Crippen molar-refractivity contribution < 1.29 is 22.4 Å². The maximum absolute atomic E-state index is 12.5. The second kappa shape index (κ2) is 7.58. The first-order chi connectivity index (χ1) is 13.0. The van der Waals surface area contributed by atoms with E-state index in [2.05, 4.69) is 15.5 Å². The molecule has 0 unspecified atom stereocenters. The molecule has 0 spiro atoms. The van der Waals surface area contributed by atoms with Gasteiger partial charge in [0.05, 0.1) is 28.9 Å². The van der Waals surface area contributed by atoms with Crippen LogP contribution in [0.5, 0.6) is 5.75 Å². The lowest BCUT2D eigenvalue weighted by Crippen LogP contribution is -2.17. The average Bonchev–Trinajstić information content (AvgIpc) is 3.16. The number of benzene rings is 2. The quantitative estimate of drug-likeness (QED) is 0.692. The van der Waals surface area contributed by atoms with E-state index in [-0.39, 0.29) is 28.1 Å². The number of nitrogens with one attached hydrogen (secondary N) is 1. The van der Waals surface area contributed by atoms with Crippen LogP contribution in [-0.4, -0.2) is 37.4 Å². The summed E-state index contributed by atoms with van der Waals surface area (Å²) >= 11 is 0. The summed E-state index contributed by atoms with van der Waals surface area (Å²) in [6.07, 6.45) is 0. The second-order valence-electron chi connectivity index (χ2n) is 5.47. The van der Waals surface area contributed by atoms with Crippen LogP contribution >= 0.6 is 0 Å². The number of rotatable bonds is 6. The van der Waals surface area contributed by atoms with Crippen LogP contribution in [0.15, 0.2) is 57.8 Å². The molecule has 0 saturated heterocycles. The fourth-order valence-corrected chi connectivity index (χ4v) is 3.54. The van der Waals surface area contributed by atoms with Crippen molar-refractivity contribution in [3.63, 3.8) is 0 Å². The number of ether oxygens (including phenoxy) is 1. The van der Waals surface area contributed by atoms with Gasteiger partial charge in [0.1, 0.15) is 5.75 Å². The van der Waals surface area contributed by atoms with E-state index < -0.39 is 15.7 Å². The molecular formula is C18H17N3O5S. The molecule has 0 saturated carbocycles. The zero-order valence-corrected chi connectivity index (χ0v) is 15.5. The SMILES string of the molecule is CCS(=O)(=O)c1ccccc1C(=O)Nc1nnc(-c2ccccc2OC)o1. The van der Waals surface area contributed by atoms with Gasteiger partial charge in [-0.05, 0) is 24.3 Å². The third-order valence-electron chi connectivity index (χ3n) is 3.83. The minimum Gasteiger partial charge on any atom is -0.496 e. The van der Waals surface area contributed by atoms with E-state index in [9.17, 15) is 13.2 Å². The highest BCUT2D eigenvalue weighted by atomic mass is 32.2. The zero-order chi connectivity index (χ0) is 19.4. The van der Waals surface area contributed by atoms with E-state index in [4.69, 9.17) is 9.15 Å². The van der Waals surface area contributed by atoms with Gasteiger partial charge in [-0.3, -0.25) is 10.1 Å². The first kappa shape index (κ1) is 18.6. The summed E-state index contributed by atoms with van der Waals surface area (Å²) in [6.45, 7) is 1.52. The van der Waals surface area contributed by atoms with Crippen molar-refractivity contribution in [2.24, 2.45) is 0 Å². The summed E-state index contributed by atoms with van der Waals surface area (Å²) in [7, 11) is -2.04. The summed E-state index contributed by atoms with van der Waals surface area (Å²) < 4.78 is 35.1. The summed E-state index contributed by atoms with van der Waals surface area (Å²) in [5.74, 6) is -0.0658. The summed E-state index contributed by atoms with van der Waals surface area (Å²) in [5.41, 5.74) is 0.582. The molecule has 1 N–H and O–H groups in total. The molecule has 0 aliphatic rings. The number of aromatic nitrogens is 2. The minimum absolute atomic E-state index is 0.0105. The standard InChI is InChI=1S/C18H17N3O5S/c1-3-27(23,24)15-11-7-5-9-13(15)16(22)19-18-21-20-17(26-18)12-8-4-6-10-14(12)25-2/h4-11H,3H2,1-2H3,(H,19,21,22). The molecule has 0 radical (unpaired) electrons. The highest BCUT2D eigenvalue weighted by molar-refractivity contribution is 7.91. The molecule has 0 atom stereocenters. The Morgan fingerprint density at radius 3 is 2.56 bits per heavy atom. The van der Waals surface area contributed by atoms with Gasteiger partial charge in [-0.1, -0.05) is 36.3 Å². The van der Waals surface area contributed by atoms with Crippen molar-refractivity contribution in [2.45, 2.75) is 11.8 Å². The molecule has 3 rings (SSSR count). The van der Waals surface area contributed by atoms with Crippen molar-refractivity contribution in [3.8, 4) is 17.2 Å². The van der Waals surface area contributed by atoms with Crippen LogP contribution in [-0.2, 0) is 9.84 Å². The topological polar surface area (TPSA) is 111 Å². The van der Waals surface area contributed by atoms with E-state index >= 15 is 0 Å². The van der Waals surface area contributed by atoms with Crippen LogP contribution in [0.4, 0.5) is 6.01 Å². The number of hydrogen-bond acceptors (Lipinski definition) is 7. The van der Waals surface area contributed by atoms with E-state index in [1.165, 1.54) is 26.2 Å². The molecule has 0 aliphatic heterocycles. The van der Waals surface area contributed by atoms with Gasteiger partial charge >= 0.3 is 6.01 Å². The number of amides is 1. The van der Waals surface area contributed by atoms with Crippen LogP contribution < -0.4 is 10.1 Å². The third-order valence-corrected chi connectivity index (χ3v) is 5.62. The Balaban J connectivity index is 1.88. The Morgan fingerprint density at radius 2 is 1.81 bits per heavy atom. The number of hydrogen-bond donors (Lipinski definition) is 1. The van der Waals surface area contributed by atoms with Crippen LogP contribution in [0, 0.1) is 0 Å². The molecule has 1 heterocycles. The fourth-order valence-electron chi connectivity index (χ4n) is 2.45. The van der Waals surface area contributed by atoms with Gasteiger partial charge in [-0.15, -0.1) is 5.10 Å². The second-order valence-corrected chi connectivity index (χ2v) is 7.71. The third kappa shape index (κ3) is 3.82. The number of sulfone groups is 1. The molecule has 9 heteroatoms. The average molecular weight is 387 g/mol. The molecule has 8 nitrogen and oxygen atoms in total. The molecule has 0 fully saturated rings. The summed E-state index contributed by atoms with van der Waals surface area (Å²) in [5, 5.41) is 10.1. The van der Waals surface area contributed by atoms with Crippen LogP contribution in [0.1, 0.15) is 17.3 Å². The van der Waals surface area contributed by atoms with E-state index in [1.807, 2.05) is 0 Å². The monoisotopic (exact) mass is 387 g/mol. The number of anilines is 1. The van der Waals surface area contributed by atoms with E-state index in [0.717, 1.165) is 0 Å². The van der Waals surface area contributed by atoms with E-state index in [1.54, 1.807) is 36.4 Å². The Bertz CT molecular complexity index is 1080. The first-order valence-electron chi connectivity index (χ1n) is 8.06. The smallest absolute Gasteiger partial charge is 0.322 e.